The van der Waals surface area contributed by atoms with E-state index in [1.165, 1.54) is 30.3 Å². The van der Waals surface area contributed by atoms with Gasteiger partial charge in [0.25, 0.3) is 5.91 Å². The van der Waals surface area contributed by atoms with Crippen molar-refractivity contribution in [2.75, 3.05) is 0 Å². The molecule has 13 heteroatoms. The Morgan fingerprint density at radius 1 is 0.967 bits per heavy atom. The van der Waals surface area contributed by atoms with Gasteiger partial charge in [-0.1, -0.05) is 28.7 Å². The maximum Gasteiger partial charge on any atom is 0.353 e. The van der Waals surface area contributed by atoms with Crippen molar-refractivity contribution in [2.45, 2.75) is 6.54 Å². The summed E-state index contributed by atoms with van der Waals surface area (Å²) in [6.07, 6.45) is 0. The van der Waals surface area contributed by atoms with Crippen LogP contribution in [-0.2, 0) is 6.54 Å². The van der Waals surface area contributed by atoms with Gasteiger partial charge in [-0.25, -0.2) is 4.79 Å². The van der Waals surface area contributed by atoms with E-state index >= 15 is 0 Å². The van der Waals surface area contributed by atoms with Crippen LogP contribution in [0, 0.1) is 20.2 Å². The number of rotatable bonds is 7. The number of halogens is 1. The van der Waals surface area contributed by atoms with Crippen molar-refractivity contribution >= 4 is 60.5 Å². The molecule has 10 nitrogen and oxygen atoms in total. The van der Waals surface area contributed by atoms with Crippen LogP contribution >= 0.6 is 38.6 Å². The molecule has 0 radical (unpaired) electrons. The first-order valence-corrected chi connectivity index (χ1v) is 10.4. The van der Waals surface area contributed by atoms with E-state index in [1.807, 2.05) is 0 Å². The van der Waals surface area contributed by atoms with Crippen molar-refractivity contribution in [1.29, 1.82) is 0 Å². The Bertz CT molecular complexity index is 1160. The summed E-state index contributed by atoms with van der Waals surface area (Å²) >= 11 is 4.77. The Morgan fingerprint density at radius 2 is 1.57 bits per heavy atom. The minimum atomic E-state index is -0.728. The van der Waals surface area contributed by atoms with Crippen LogP contribution in [0.3, 0.4) is 0 Å². The van der Waals surface area contributed by atoms with Gasteiger partial charge in [-0.05, 0) is 45.8 Å². The summed E-state index contributed by atoms with van der Waals surface area (Å²) in [5.41, 5.74) is 0.688. The molecule has 0 saturated heterocycles. The Hall–Kier alpha value is -3.16. The molecule has 154 valence electrons. The molecule has 1 N–H and O–H groups in total. The quantitative estimate of drug-likeness (QED) is 0.212. The van der Waals surface area contributed by atoms with Crippen molar-refractivity contribution in [1.82, 2.24) is 5.32 Å². The third-order valence-electron chi connectivity index (χ3n) is 3.62. The molecule has 0 aliphatic carbocycles. The van der Waals surface area contributed by atoms with Crippen LogP contribution in [0.1, 0.15) is 24.9 Å². The SMILES string of the molecule is O=C(NCc1ccc(OC(=O)c2ccc([N+](=O)[O-])s2)c(Br)c1)c1ccc([N+](=O)[O-])s1. The van der Waals surface area contributed by atoms with Gasteiger partial charge in [0.1, 0.15) is 10.6 Å². The Labute approximate surface area is 184 Å². The van der Waals surface area contributed by atoms with Gasteiger partial charge in [0, 0.05) is 18.7 Å². The van der Waals surface area contributed by atoms with Gasteiger partial charge in [0.2, 0.25) is 0 Å². The minimum absolute atomic E-state index is 0.0926. The zero-order chi connectivity index (χ0) is 21.8. The number of thiophene rings is 2. The standard InChI is InChI=1S/C17H10BrN3O7S2/c18-10-7-9(8-19-16(22)12-3-5-14(29-12)20(24)25)1-2-11(10)28-17(23)13-4-6-15(30-13)21(26)27/h1-7H,8H2,(H,19,22). The lowest BCUT2D eigenvalue weighted by atomic mass is 10.2. The number of nitrogens with zero attached hydrogens (tertiary/aromatic N) is 2. The van der Waals surface area contributed by atoms with E-state index in [0.29, 0.717) is 21.4 Å². The van der Waals surface area contributed by atoms with E-state index in [-0.39, 0.29) is 32.1 Å². The first-order chi connectivity index (χ1) is 14.2. The molecule has 0 aliphatic rings. The number of nitrogens with one attached hydrogen (secondary N) is 1. The lowest BCUT2D eigenvalue weighted by Gasteiger charge is -2.08. The molecule has 0 bridgehead atoms. The third kappa shape index (κ3) is 5.06. The molecule has 30 heavy (non-hydrogen) atoms. The van der Waals surface area contributed by atoms with Gasteiger partial charge < -0.3 is 10.1 Å². The van der Waals surface area contributed by atoms with Crippen LogP contribution < -0.4 is 10.1 Å². The number of nitro groups is 2. The van der Waals surface area contributed by atoms with Crippen molar-refractivity contribution in [2.24, 2.45) is 0 Å². The fourth-order valence-electron chi connectivity index (χ4n) is 2.24. The fraction of sp³-hybridized carbons (Fsp3) is 0.0588. The normalized spacial score (nSPS) is 10.4. The van der Waals surface area contributed by atoms with Crippen LogP contribution in [0.5, 0.6) is 5.75 Å². The summed E-state index contributed by atoms with van der Waals surface area (Å²) in [7, 11) is 0. The number of carbonyl (C=O) groups is 2. The van der Waals surface area contributed by atoms with Gasteiger partial charge in [-0.3, -0.25) is 25.0 Å². The van der Waals surface area contributed by atoms with E-state index in [2.05, 4.69) is 21.2 Å². The zero-order valence-corrected chi connectivity index (χ0v) is 17.9. The average molecular weight is 512 g/mol. The lowest BCUT2D eigenvalue weighted by Crippen LogP contribution is -2.21. The second kappa shape index (κ2) is 9.11. The lowest BCUT2D eigenvalue weighted by molar-refractivity contribution is -0.380. The fourth-order valence-corrected chi connectivity index (χ4v) is 4.18. The monoisotopic (exact) mass is 511 g/mol. The summed E-state index contributed by atoms with van der Waals surface area (Å²) in [4.78, 5) is 44.8. The number of esters is 1. The number of amides is 1. The van der Waals surface area contributed by atoms with E-state index in [4.69, 9.17) is 4.74 Å². The molecule has 0 unspecified atom stereocenters. The van der Waals surface area contributed by atoms with Crippen LogP contribution in [0.2, 0.25) is 0 Å². The highest BCUT2D eigenvalue weighted by Gasteiger charge is 2.18. The van der Waals surface area contributed by atoms with Gasteiger partial charge in [0.05, 0.1) is 19.2 Å². The molecule has 0 spiro atoms. The van der Waals surface area contributed by atoms with Crippen molar-refractivity contribution in [3.05, 3.63) is 82.5 Å². The summed E-state index contributed by atoms with van der Waals surface area (Å²) in [6, 6.07) is 9.97. The van der Waals surface area contributed by atoms with Gasteiger partial charge in [-0.15, -0.1) is 0 Å². The summed E-state index contributed by atoms with van der Waals surface area (Å²) in [5.74, 6) is -0.965. The zero-order valence-electron chi connectivity index (χ0n) is 14.7. The Morgan fingerprint density at radius 3 is 2.13 bits per heavy atom. The van der Waals surface area contributed by atoms with Gasteiger partial charge in [-0.2, -0.15) is 0 Å². The van der Waals surface area contributed by atoms with Crippen LogP contribution in [0.15, 0.2) is 46.9 Å². The Balaban J connectivity index is 1.61. The molecule has 2 heterocycles. The van der Waals surface area contributed by atoms with Crippen molar-refractivity contribution in [3.63, 3.8) is 0 Å². The van der Waals surface area contributed by atoms with Gasteiger partial charge in [0.15, 0.2) is 0 Å². The number of benzene rings is 1. The maximum atomic E-state index is 12.1. The molecular formula is C17H10BrN3O7S2. The van der Waals surface area contributed by atoms with Crippen LogP contribution in [0.25, 0.3) is 0 Å². The molecule has 0 atom stereocenters. The van der Waals surface area contributed by atoms with Gasteiger partial charge >= 0.3 is 16.0 Å². The second-order valence-electron chi connectivity index (χ2n) is 5.63. The largest absolute Gasteiger partial charge is 0.421 e. The topological polar surface area (TPSA) is 142 Å². The minimum Gasteiger partial charge on any atom is -0.421 e. The second-order valence-corrected chi connectivity index (χ2v) is 8.61. The molecule has 1 amide bonds. The van der Waals surface area contributed by atoms with E-state index < -0.39 is 21.7 Å². The first-order valence-electron chi connectivity index (χ1n) is 8.02. The van der Waals surface area contributed by atoms with Crippen molar-refractivity contribution < 1.29 is 24.2 Å². The smallest absolute Gasteiger partial charge is 0.353 e. The molecule has 2 aromatic heterocycles. The third-order valence-corrected chi connectivity index (χ3v) is 6.29. The van der Waals surface area contributed by atoms with Crippen molar-refractivity contribution in [3.8, 4) is 5.75 Å². The molecule has 0 aliphatic heterocycles. The highest BCUT2D eigenvalue weighted by molar-refractivity contribution is 9.10. The molecular weight excluding hydrogens is 502 g/mol. The molecule has 0 saturated carbocycles. The number of ether oxygens (including phenoxy) is 1. The molecule has 3 aromatic rings. The summed E-state index contributed by atoms with van der Waals surface area (Å²) in [5, 5.41) is 23.8. The molecule has 3 rings (SSSR count). The van der Waals surface area contributed by atoms with E-state index in [9.17, 15) is 29.8 Å². The predicted octanol–water partition coefficient (Wildman–Crippen LogP) is 4.54. The first kappa shape index (κ1) is 21.5. The predicted molar refractivity (Wildman–Crippen MR) is 112 cm³/mol. The van der Waals surface area contributed by atoms with Crippen LogP contribution in [0.4, 0.5) is 10.0 Å². The highest BCUT2D eigenvalue weighted by atomic mass is 79.9. The van der Waals surface area contributed by atoms with Crippen LogP contribution in [-0.4, -0.2) is 21.7 Å². The van der Waals surface area contributed by atoms with E-state index in [0.717, 1.165) is 11.3 Å². The summed E-state index contributed by atoms with van der Waals surface area (Å²) in [6.45, 7) is 0.147. The van der Waals surface area contributed by atoms with E-state index in [1.54, 1.807) is 12.1 Å². The molecule has 1 aromatic carbocycles. The average Bonchev–Trinajstić information content (AvgIpc) is 3.38. The Kier molecular flexibility index (Phi) is 6.54. The number of hydrogen-bond donors (Lipinski definition) is 1. The maximum absolute atomic E-state index is 12.1. The molecule has 0 fully saturated rings. The summed E-state index contributed by atoms with van der Waals surface area (Å²) < 4.78 is 5.70. The number of carbonyl (C=O) groups excluding carboxylic acids is 2. The number of hydrogen-bond acceptors (Lipinski definition) is 9. The highest BCUT2D eigenvalue weighted by Crippen LogP contribution is 2.29.